The SMILES string of the molecule is CC(C)Cc1nc(C2COc3ccccc32)[nH]c(=O)c1I. The van der Waals surface area contributed by atoms with E-state index in [-0.39, 0.29) is 11.5 Å². The summed E-state index contributed by atoms with van der Waals surface area (Å²) >= 11 is 2.08. The van der Waals surface area contributed by atoms with Crippen LogP contribution in [-0.4, -0.2) is 16.6 Å². The first-order chi connectivity index (χ1) is 10.1. The molecule has 0 amide bonds. The lowest BCUT2D eigenvalue weighted by Gasteiger charge is -2.12. The van der Waals surface area contributed by atoms with Gasteiger partial charge in [-0.25, -0.2) is 4.98 Å². The van der Waals surface area contributed by atoms with E-state index in [2.05, 4.69) is 41.4 Å². The van der Waals surface area contributed by atoms with Crippen molar-refractivity contribution < 1.29 is 4.74 Å². The first-order valence-electron chi connectivity index (χ1n) is 7.06. The Hall–Kier alpha value is -1.37. The van der Waals surface area contributed by atoms with E-state index in [4.69, 9.17) is 9.72 Å². The van der Waals surface area contributed by atoms with Crippen molar-refractivity contribution in [2.24, 2.45) is 5.92 Å². The highest BCUT2D eigenvalue weighted by Crippen LogP contribution is 2.36. The molecule has 110 valence electrons. The van der Waals surface area contributed by atoms with E-state index < -0.39 is 0 Å². The van der Waals surface area contributed by atoms with Crippen LogP contribution >= 0.6 is 22.6 Å². The van der Waals surface area contributed by atoms with Crippen molar-refractivity contribution in [1.29, 1.82) is 0 Å². The summed E-state index contributed by atoms with van der Waals surface area (Å²) in [5, 5.41) is 0. The Kier molecular flexibility index (Phi) is 4.01. The molecule has 0 aliphatic carbocycles. The van der Waals surface area contributed by atoms with Crippen molar-refractivity contribution in [3.05, 3.63) is 55.3 Å². The average Bonchev–Trinajstić information content (AvgIpc) is 2.87. The predicted octanol–water partition coefficient (Wildman–Crippen LogP) is 3.10. The molecule has 1 aromatic heterocycles. The third-order valence-electron chi connectivity index (χ3n) is 3.58. The summed E-state index contributed by atoms with van der Waals surface area (Å²) in [6.45, 7) is 4.79. The quantitative estimate of drug-likeness (QED) is 0.812. The fourth-order valence-corrected chi connectivity index (χ4v) is 3.08. The van der Waals surface area contributed by atoms with Gasteiger partial charge in [-0.05, 0) is 41.0 Å². The smallest absolute Gasteiger partial charge is 0.264 e. The predicted molar refractivity (Wildman–Crippen MR) is 89.9 cm³/mol. The maximum Gasteiger partial charge on any atom is 0.264 e. The summed E-state index contributed by atoms with van der Waals surface area (Å²) in [5.41, 5.74) is 1.92. The minimum absolute atomic E-state index is 0.0109. The minimum atomic E-state index is -0.0550. The number of fused-ring (bicyclic) bond motifs is 1. The van der Waals surface area contributed by atoms with Gasteiger partial charge in [0.05, 0.1) is 15.2 Å². The van der Waals surface area contributed by atoms with Gasteiger partial charge in [0.2, 0.25) is 0 Å². The number of nitrogens with one attached hydrogen (secondary N) is 1. The van der Waals surface area contributed by atoms with Gasteiger partial charge >= 0.3 is 0 Å². The van der Waals surface area contributed by atoms with Crippen molar-refractivity contribution in [3.63, 3.8) is 0 Å². The lowest BCUT2D eigenvalue weighted by atomic mass is 10.00. The molecular weight excluding hydrogens is 379 g/mol. The summed E-state index contributed by atoms with van der Waals surface area (Å²) in [7, 11) is 0. The van der Waals surface area contributed by atoms with Crippen LogP contribution in [0.15, 0.2) is 29.1 Å². The third-order valence-corrected chi connectivity index (χ3v) is 4.69. The van der Waals surface area contributed by atoms with Gasteiger partial charge in [0.25, 0.3) is 5.56 Å². The number of hydrogen-bond donors (Lipinski definition) is 1. The zero-order valence-corrected chi connectivity index (χ0v) is 14.2. The average molecular weight is 396 g/mol. The molecule has 1 atom stereocenters. The van der Waals surface area contributed by atoms with Crippen LogP contribution in [0.2, 0.25) is 0 Å². The first-order valence-corrected chi connectivity index (χ1v) is 8.14. The van der Waals surface area contributed by atoms with Crippen molar-refractivity contribution in [2.75, 3.05) is 6.61 Å². The molecule has 5 heteroatoms. The highest BCUT2D eigenvalue weighted by Gasteiger charge is 2.28. The molecule has 0 spiro atoms. The summed E-state index contributed by atoms with van der Waals surface area (Å²) in [6, 6.07) is 7.93. The number of ether oxygens (including phenoxy) is 1. The number of H-pyrrole nitrogens is 1. The number of aromatic amines is 1. The Labute approximate surface area is 137 Å². The maximum absolute atomic E-state index is 12.2. The number of para-hydroxylation sites is 1. The molecule has 1 N–H and O–H groups in total. The standard InChI is InChI=1S/C16H17IN2O2/c1-9(2)7-12-14(17)16(20)19-15(18-12)11-8-21-13-6-4-3-5-10(11)13/h3-6,9,11H,7-8H2,1-2H3,(H,18,19,20). The second-order valence-electron chi connectivity index (χ2n) is 5.71. The van der Waals surface area contributed by atoms with Gasteiger partial charge in [-0.3, -0.25) is 4.79 Å². The number of benzene rings is 1. The van der Waals surface area contributed by atoms with E-state index >= 15 is 0 Å². The molecule has 2 aromatic rings. The molecule has 0 saturated carbocycles. The van der Waals surface area contributed by atoms with Crippen LogP contribution in [0.25, 0.3) is 0 Å². The summed E-state index contributed by atoms with van der Waals surface area (Å²) < 4.78 is 6.38. The summed E-state index contributed by atoms with van der Waals surface area (Å²) in [5.74, 6) is 2.07. The monoisotopic (exact) mass is 396 g/mol. The largest absolute Gasteiger partial charge is 0.492 e. The number of hydrogen-bond acceptors (Lipinski definition) is 3. The molecule has 4 nitrogen and oxygen atoms in total. The molecule has 1 aromatic carbocycles. The van der Waals surface area contributed by atoms with Crippen LogP contribution < -0.4 is 10.3 Å². The van der Waals surface area contributed by atoms with Gasteiger partial charge in [0, 0.05) is 5.56 Å². The Morgan fingerprint density at radius 3 is 2.95 bits per heavy atom. The fraction of sp³-hybridized carbons (Fsp3) is 0.375. The van der Waals surface area contributed by atoms with E-state index in [0.29, 0.717) is 21.9 Å². The minimum Gasteiger partial charge on any atom is -0.492 e. The summed E-state index contributed by atoms with van der Waals surface area (Å²) in [6.07, 6.45) is 0.810. The molecule has 0 radical (unpaired) electrons. The van der Waals surface area contributed by atoms with Gasteiger partial charge in [-0.15, -0.1) is 0 Å². The molecule has 0 bridgehead atoms. The van der Waals surface area contributed by atoms with Crippen LogP contribution in [0.3, 0.4) is 0 Å². The zero-order valence-electron chi connectivity index (χ0n) is 12.0. The Morgan fingerprint density at radius 2 is 2.19 bits per heavy atom. The van der Waals surface area contributed by atoms with E-state index in [0.717, 1.165) is 23.4 Å². The second-order valence-corrected chi connectivity index (χ2v) is 6.79. The van der Waals surface area contributed by atoms with Crippen LogP contribution in [0.4, 0.5) is 0 Å². The lowest BCUT2D eigenvalue weighted by Crippen LogP contribution is -2.22. The number of rotatable bonds is 3. The van der Waals surface area contributed by atoms with Gasteiger partial charge in [0.15, 0.2) is 0 Å². The molecule has 1 unspecified atom stereocenters. The number of aromatic nitrogens is 2. The molecule has 1 aliphatic rings. The lowest BCUT2D eigenvalue weighted by molar-refractivity contribution is 0.339. The fourth-order valence-electron chi connectivity index (χ4n) is 2.60. The van der Waals surface area contributed by atoms with Crippen molar-refractivity contribution in [3.8, 4) is 5.75 Å². The third kappa shape index (κ3) is 2.84. The molecule has 21 heavy (non-hydrogen) atoms. The van der Waals surface area contributed by atoms with Gasteiger partial charge in [-0.1, -0.05) is 32.0 Å². The normalized spacial score (nSPS) is 16.9. The zero-order chi connectivity index (χ0) is 15.0. The molecule has 0 fully saturated rings. The van der Waals surface area contributed by atoms with Gasteiger partial charge in [-0.2, -0.15) is 0 Å². The van der Waals surface area contributed by atoms with Gasteiger partial charge in [0.1, 0.15) is 18.2 Å². The molecule has 1 aliphatic heterocycles. The van der Waals surface area contributed by atoms with Crippen LogP contribution in [0, 0.1) is 9.49 Å². The maximum atomic E-state index is 12.2. The Morgan fingerprint density at radius 1 is 1.43 bits per heavy atom. The van der Waals surface area contributed by atoms with Crippen LogP contribution in [0.5, 0.6) is 5.75 Å². The first kappa shape index (κ1) is 14.6. The molecule has 2 heterocycles. The molecule has 0 saturated heterocycles. The topological polar surface area (TPSA) is 55.0 Å². The van der Waals surface area contributed by atoms with E-state index in [1.807, 2.05) is 24.3 Å². The van der Waals surface area contributed by atoms with Crippen LogP contribution in [-0.2, 0) is 6.42 Å². The van der Waals surface area contributed by atoms with Gasteiger partial charge < -0.3 is 9.72 Å². The number of nitrogens with zero attached hydrogens (tertiary/aromatic N) is 1. The Balaban J connectivity index is 2.04. The van der Waals surface area contributed by atoms with Crippen molar-refractivity contribution in [1.82, 2.24) is 9.97 Å². The van der Waals surface area contributed by atoms with Crippen LogP contribution in [0.1, 0.15) is 36.8 Å². The highest BCUT2D eigenvalue weighted by atomic mass is 127. The van der Waals surface area contributed by atoms with E-state index in [1.54, 1.807) is 0 Å². The van der Waals surface area contributed by atoms with E-state index in [1.165, 1.54) is 0 Å². The second kappa shape index (κ2) is 5.79. The highest BCUT2D eigenvalue weighted by molar-refractivity contribution is 14.1. The molecule has 3 rings (SSSR count). The van der Waals surface area contributed by atoms with Crippen molar-refractivity contribution >= 4 is 22.6 Å². The summed E-state index contributed by atoms with van der Waals surface area (Å²) in [4.78, 5) is 19.8. The molecular formula is C16H17IN2O2. The van der Waals surface area contributed by atoms with Crippen molar-refractivity contribution in [2.45, 2.75) is 26.2 Å². The Bertz CT molecular complexity index is 724. The van der Waals surface area contributed by atoms with E-state index in [9.17, 15) is 4.79 Å². The number of halogens is 1.